The molecule has 6 heteroatoms. The van der Waals surface area contributed by atoms with Crippen molar-refractivity contribution in [2.45, 2.75) is 26.8 Å². The molecule has 0 aliphatic carbocycles. The Morgan fingerprint density at radius 3 is 2.60 bits per heavy atom. The van der Waals surface area contributed by atoms with E-state index in [4.69, 9.17) is 10.5 Å². The number of nitrogens with two attached hydrogens (primary N) is 1. The van der Waals surface area contributed by atoms with Crippen LogP contribution in [0.4, 0.5) is 5.00 Å². The lowest BCUT2D eigenvalue weighted by atomic mass is 10.00. The van der Waals surface area contributed by atoms with E-state index in [1.54, 1.807) is 6.92 Å². The summed E-state index contributed by atoms with van der Waals surface area (Å²) in [7, 11) is 0. The minimum Gasteiger partial charge on any atom is -0.462 e. The van der Waals surface area contributed by atoms with Gasteiger partial charge in [0.25, 0.3) is 0 Å². The number of esters is 1. The van der Waals surface area contributed by atoms with Gasteiger partial charge in [0.2, 0.25) is 0 Å². The van der Waals surface area contributed by atoms with E-state index in [1.807, 2.05) is 47.3 Å². The molecule has 0 bridgehead atoms. The maximum Gasteiger partial charge on any atom is 0.341 e. The van der Waals surface area contributed by atoms with Crippen molar-refractivity contribution >= 4 is 22.3 Å². The number of carbonyl (C=O) groups is 1. The number of nitrogens with zero attached hydrogens (tertiary/aromatic N) is 2. The van der Waals surface area contributed by atoms with Gasteiger partial charge in [-0.05, 0) is 32.4 Å². The molecule has 3 rings (SSSR count). The third-order valence-electron chi connectivity index (χ3n) is 3.85. The standard InChI is InChI=1S/C19H21N3O2S/c1-4-24-19(23)16-15(13-8-6-5-7-9-13)17(25-18(16)20)14-10-11-22(21-14)12(2)3/h5-12H,4,20H2,1-3H3. The first-order chi connectivity index (χ1) is 12.0. The summed E-state index contributed by atoms with van der Waals surface area (Å²) in [6.07, 6.45) is 1.94. The maximum absolute atomic E-state index is 12.5. The van der Waals surface area contributed by atoms with Crippen LogP contribution in [0.1, 0.15) is 37.2 Å². The van der Waals surface area contributed by atoms with Crippen LogP contribution < -0.4 is 5.73 Å². The lowest BCUT2D eigenvalue weighted by Crippen LogP contribution is -2.07. The van der Waals surface area contributed by atoms with Crippen molar-refractivity contribution in [1.29, 1.82) is 0 Å². The highest BCUT2D eigenvalue weighted by Crippen LogP contribution is 2.44. The highest BCUT2D eigenvalue weighted by molar-refractivity contribution is 7.20. The molecule has 0 fully saturated rings. The van der Waals surface area contributed by atoms with Gasteiger partial charge in [-0.25, -0.2) is 4.79 Å². The molecule has 2 heterocycles. The fraction of sp³-hybridized carbons (Fsp3) is 0.263. The third-order valence-corrected chi connectivity index (χ3v) is 4.89. The fourth-order valence-electron chi connectivity index (χ4n) is 2.66. The van der Waals surface area contributed by atoms with Gasteiger partial charge in [0.1, 0.15) is 16.3 Å². The van der Waals surface area contributed by atoms with Crippen molar-refractivity contribution in [2.24, 2.45) is 0 Å². The molecule has 25 heavy (non-hydrogen) atoms. The number of benzene rings is 1. The van der Waals surface area contributed by atoms with Crippen LogP contribution in [-0.2, 0) is 4.74 Å². The Bertz CT molecular complexity index is 881. The first kappa shape index (κ1) is 17.2. The zero-order valence-corrected chi connectivity index (χ0v) is 15.3. The number of nitrogen functional groups attached to an aromatic ring is 1. The number of ether oxygens (including phenoxy) is 1. The molecular weight excluding hydrogens is 334 g/mol. The minimum atomic E-state index is -0.398. The smallest absolute Gasteiger partial charge is 0.341 e. The van der Waals surface area contributed by atoms with E-state index in [2.05, 4.69) is 18.9 Å². The first-order valence-electron chi connectivity index (χ1n) is 8.23. The summed E-state index contributed by atoms with van der Waals surface area (Å²) in [5, 5.41) is 5.10. The first-order valence-corrected chi connectivity index (χ1v) is 9.04. The Morgan fingerprint density at radius 2 is 2.00 bits per heavy atom. The van der Waals surface area contributed by atoms with Gasteiger partial charge in [-0.1, -0.05) is 30.3 Å². The number of thiophene rings is 1. The minimum absolute atomic E-state index is 0.260. The summed E-state index contributed by atoms with van der Waals surface area (Å²) < 4.78 is 7.12. The van der Waals surface area contributed by atoms with Crippen LogP contribution in [0.2, 0.25) is 0 Å². The number of carbonyl (C=O) groups excluding carboxylic acids is 1. The van der Waals surface area contributed by atoms with E-state index in [9.17, 15) is 4.79 Å². The highest BCUT2D eigenvalue weighted by Gasteiger charge is 2.26. The summed E-state index contributed by atoms with van der Waals surface area (Å²) in [5.41, 5.74) is 9.14. The van der Waals surface area contributed by atoms with Gasteiger partial charge >= 0.3 is 5.97 Å². The molecule has 2 aromatic heterocycles. The molecule has 0 saturated carbocycles. The van der Waals surface area contributed by atoms with Gasteiger partial charge in [-0.15, -0.1) is 11.3 Å². The predicted octanol–water partition coefficient (Wildman–Crippen LogP) is 4.62. The van der Waals surface area contributed by atoms with Crippen LogP contribution in [0.5, 0.6) is 0 Å². The van der Waals surface area contributed by atoms with Gasteiger partial charge < -0.3 is 10.5 Å². The number of aromatic nitrogens is 2. The van der Waals surface area contributed by atoms with E-state index in [0.29, 0.717) is 17.2 Å². The van der Waals surface area contributed by atoms with Crippen molar-refractivity contribution in [3.8, 4) is 21.7 Å². The summed E-state index contributed by atoms with van der Waals surface area (Å²) in [6, 6.07) is 12.0. The molecular formula is C19H21N3O2S. The van der Waals surface area contributed by atoms with E-state index in [1.165, 1.54) is 11.3 Å². The summed E-state index contributed by atoms with van der Waals surface area (Å²) >= 11 is 1.37. The average molecular weight is 355 g/mol. The SMILES string of the molecule is CCOC(=O)c1c(N)sc(-c2ccn(C(C)C)n2)c1-c1ccccc1. The molecule has 0 amide bonds. The van der Waals surface area contributed by atoms with Gasteiger partial charge in [0.05, 0.1) is 11.5 Å². The molecule has 0 aliphatic heterocycles. The van der Waals surface area contributed by atoms with Crippen molar-refractivity contribution < 1.29 is 9.53 Å². The molecule has 5 nitrogen and oxygen atoms in total. The Kier molecular flexibility index (Phi) is 4.90. The topological polar surface area (TPSA) is 70.1 Å². The second kappa shape index (κ2) is 7.11. The van der Waals surface area contributed by atoms with Crippen LogP contribution in [0, 0.1) is 0 Å². The lowest BCUT2D eigenvalue weighted by molar-refractivity contribution is 0.0529. The number of hydrogen-bond donors (Lipinski definition) is 1. The van der Waals surface area contributed by atoms with Crippen molar-refractivity contribution in [3.05, 3.63) is 48.2 Å². The summed E-state index contributed by atoms with van der Waals surface area (Å²) in [4.78, 5) is 13.4. The number of hydrogen-bond acceptors (Lipinski definition) is 5. The molecule has 0 aliphatic rings. The molecule has 0 saturated heterocycles. The number of rotatable bonds is 5. The largest absolute Gasteiger partial charge is 0.462 e. The Balaban J connectivity index is 2.21. The molecule has 0 radical (unpaired) electrons. The Hall–Kier alpha value is -2.60. The molecule has 2 N–H and O–H groups in total. The molecule has 3 aromatic rings. The van der Waals surface area contributed by atoms with Crippen molar-refractivity contribution in [3.63, 3.8) is 0 Å². The quantitative estimate of drug-likeness (QED) is 0.678. The van der Waals surface area contributed by atoms with Gasteiger partial charge in [0, 0.05) is 17.8 Å². The van der Waals surface area contributed by atoms with Gasteiger partial charge in [0.15, 0.2) is 0 Å². The second-order valence-corrected chi connectivity index (χ2v) is 6.96. The molecule has 0 spiro atoms. The fourth-order valence-corrected chi connectivity index (χ4v) is 3.70. The zero-order valence-electron chi connectivity index (χ0n) is 14.5. The Morgan fingerprint density at radius 1 is 1.28 bits per heavy atom. The van der Waals surface area contributed by atoms with E-state index >= 15 is 0 Å². The third kappa shape index (κ3) is 3.30. The predicted molar refractivity (Wildman–Crippen MR) is 102 cm³/mol. The van der Waals surface area contributed by atoms with Crippen molar-refractivity contribution in [1.82, 2.24) is 9.78 Å². The Labute approximate surface area is 151 Å². The normalized spacial score (nSPS) is 11.0. The van der Waals surface area contributed by atoms with Crippen molar-refractivity contribution in [2.75, 3.05) is 12.3 Å². The monoisotopic (exact) mass is 355 g/mol. The van der Waals surface area contributed by atoms with Crippen LogP contribution in [-0.4, -0.2) is 22.4 Å². The highest BCUT2D eigenvalue weighted by atomic mass is 32.1. The second-order valence-electron chi connectivity index (χ2n) is 5.91. The number of anilines is 1. The van der Waals surface area contributed by atoms with E-state index < -0.39 is 5.97 Å². The average Bonchev–Trinajstić information content (AvgIpc) is 3.20. The molecule has 0 atom stereocenters. The van der Waals surface area contributed by atoms with Gasteiger partial charge in [-0.3, -0.25) is 4.68 Å². The summed E-state index contributed by atoms with van der Waals surface area (Å²) in [6.45, 7) is 6.23. The maximum atomic E-state index is 12.5. The molecule has 0 unspecified atom stereocenters. The molecule has 130 valence electrons. The zero-order chi connectivity index (χ0) is 18.0. The van der Waals surface area contributed by atoms with Crippen LogP contribution in [0.3, 0.4) is 0 Å². The lowest BCUT2D eigenvalue weighted by Gasteiger charge is -2.08. The van der Waals surface area contributed by atoms with Crippen LogP contribution in [0.25, 0.3) is 21.7 Å². The summed E-state index contributed by atoms with van der Waals surface area (Å²) in [5.74, 6) is -0.398. The van der Waals surface area contributed by atoms with E-state index in [0.717, 1.165) is 21.7 Å². The van der Waals surface area contributed by atoms with Crippen LogP contribution >= 0.6 is 11.3 Å². The van der Waals surface area contributed by atoms with Gasteiger partial charge in [-0.2, -0.15) is 5.10 Å². The van der Waals surface area contributed by atoms with E-state index in [-0.39, 0.29) is 6.04 Å². The van der Waals surface area contributed by atoms with Crippen LogP contribution in [0.15, 0.2) is 42.6 Å². The molecule has 1 aromatic carbocycles.